The molecule has 5 nitrogen and oxygen atoms in total. The Kier molecular flexibility index (Phi) is 5.64. The predicted octanol–water partition coefficient (Wildman–Crippen LogP) is 1.95. The average Bonchev–Trinajstić information content (AvgIpc) is 3.02. The molecule has 1 atom stereocenters. The van der Waals surface area contributed by atoms with Gasteiger partial charge in [-0.2, -0.15) is 0 Å². The molecule has 1 saturated heterocycles. The van der Waals surface area contributed by atoms with Gasteiger partial charge in [0.2, 0.25) is 11.8 Å². The summed E-state index contributed by atoms with van der Waals surface area (Å²) in [6, 6.07) is -0.234. The number of halogens is 1. The third-order valence-electron chi connectivity index (χ3n) is 6.98. The molecule has 0 aromatic carbocycles. The van der Waals surface area contributed by atoms with Crippen molar-refractivity contribution in [3.8, 4) is 0 Å². The number of amides is 2. The highest BCUT2D eigenvalue weighted by molar-refractivity contribution is 5.91. The van der Waals surface area contributed by atoms with Crippen molar-refractivity contribution >= 4 is 24.2 Å². The van der Waals surface area contributed by atoms with Crippen molar-refractivity contribution in [3.63, 3.8) is 0 Å². The number of rotatable bonds is 5. The Morgan fingerprint density at radius 2 is 1.64 bits per heavy atom. The van der Waals surface area contributed by atoms with E-state index in [0.717, 1.165) is 62.9 Å². The number of nitrogens with zero attached hydrogens (tertiary/aromatic N) is 1. The summed E-state index contributed by atoms with van der Waals surface area (Å²) in [6.07, 6.45) is 9.08. The summed E-state index contributed by atoms with van der Waals surface area (Å²) in [5, 5.41) is 6.03. The van der Waals surface area contributed by atoms with Crippen LogP contribution in [0.5, 0.6) is 0 Å². The minimum atomic E-state index is -0.234. The van der Waals surface area contributed by atoms with Gasteiger partial charge in [-0.3, -0.25) is 9.59 Å². The van der Waals surface area contributed by atoms with E-state index in [2.05, 4.69) is 10.6 Å². The van der Waals surface area contributed by atoms with Gasteiger partial charge >= 0.3 is 0 Å². The highest BCUT2D eigenvalue weighted by Crippen LogP contribution is 2.60. The average molecular weight is 370 g/mol. The molecule has 0 radical (unpaired) electrons. The van der Waals surface area contributed by atoms with Crippen LogP contribution in [0.15, 0.2) is 0 Å². The van der Waals surface area contributed by atoms with E-state index in [1.54, 1.807) is 0 Å². The second-order valence-corrected chi connectivity index (χ2v) is 8.75. The van der Waals surface area contributed by atoms with Crippen LogP contribution in [0.4, 0.5) is 0 Å². The highest BCUT2D eigenvalue weighted by Gasteiger charge is 2.56. The molecule has 2 N–H and O–H groups in total. The molecule has 4 aliphatic carbocycles. The lowest BCUT2D eigenvalue weighted by Crippen LogP contribution is -2.57. The second kappa shape index (κ2) is 7.43. The number of carbonyl (C=O) groups is 2. The van der Waals surface area contributed by atoms with Crippen LogP contribution in [-0.2, 0) is 9.59 Å². The minimum Gasteiger partial charge on any atom is -0.353 e. The molecular formula is C19H32ClN3O2. The fourth-order valence-corrected chi connectivity index (χ4v) is 6.39. The first-order valence-electron chi connectivity index (χ1n) is 9.85. The van der Waals surface area contributed by atoms with Crippen molar-refractivity contribution in [2.75, 3.05) is 26.7 Å². The zero-order valence-corrected chi connectivity index (χ0v) is 16.1. The molecule has 6 heteroatoms. The molecule has 5 aliphatic rings. The van der Waals surface area contributed by atoms with Crippen LogP contribution in [0, 0.1) is 23.2 Å². The van der Waals surface area contributed by atoms with E-state index < -0.39 is 0 Å². The summed E-state index contributed by atoms with van der Waals surface area (Å²) >= 11 is 0. The fraction of sp³-hybridized carbons (Fsp3) is 0.895. The van der Waals surface area contributed by atoms with Crippen molar-refractivity contribution in [3.05, 3.63) is 0 Å². The van der Waals surface area contributed by atoms with E-state index in [1.165, 1.54) is 19.3 Å². The Morgan fingerprint density at radius 1 is 1.04 bits per heavy atom. The third-order valence-corrected chi connectivity index (χ3v) is 6.98. The zero-order chi connectivity index (χ0) is 16.7. The molecule has 0 aromatic heterocycles. The Balaban J connectivity index is 0.00000182. The Labute approximate surface area is 157 Å². The molecule has 1 unspecified atom stereocenters. The van der Waals surface area contributed by atoms with Crippen molar-refractivity contribution < 1.29 is 9.59 Å². The Hall–Kier alpha value is -0.810. The molecule has 4 saturated carbocycles. The summed E-state index contributed by atoms with van der Waals surface area (Å²) in [5.41, 5.74) is -0.122. The van der Waals surface area contributed by atoms with Crippen LogP contribution in [-0.4, -0.2) is 49.4 Å². The maximum absolute atomic E-state index is 13.5. The summed E-state index contributed by atoms with van der Waals surface area (Å²) in [5.74, 6) is 2.66. The number of likely N-dealkylation sites (N-methyl/N-ethyl adjacent to an activating group) is 1. The molecule has 4 bridgehead atoms. The van der Waals surface area contributed by atoms with Gasteiger partial charge in [-0.15, -0.1) is 12.4 Å². The highest BCUT2D eigenvalue weighted by atomic mass is 35.5. The number of likely N-dealkylation sites (tertiary alicyclic amines) is 1. The summed E-state index contributed by atoms with van der Waals surface area (Å²) in [4.78, 5) is 28.0. The summed E-state index contributed by atoms with van der Waals surface area (Å²) in [6.45, 7) is 2.16. The second-order valence-electron chi connectivity index (χ2n) is 8.75. The quantitative estimate of drug-likeness (QED) is 0.728. The third kappa shape index (κ3) is 3.42. The van der Waals surface area contributed by atoms with Crippen LogP contribution in [0.25, 0.3) is 0 Å². The van der Waals surface area contributed by atoms with E-state index in [-0.39, 0.29) is 29.8 Å². The van der Waals surface area contributed by atoms with Crippen molar-refractivity contribution in [2.24, 2.45) is 23.2 Å². The van der Waals surface area contributed by atoms with Crippen LogP contribution in [0.1, 0.15) is 51.4 Å². The maximum atomic E-state index is 13.5. The van der Waals surface area contributed by atoms with Gasteiger partial charge in [0.15, 0.2) is 0 Å². The largest absolute Gasteiger partial charge is 0.353 e. The topological polar surface area (TPSA) is 61.4 Å². The molecule has 0 spiro atoms. The van der Waals surface area contributed by atoms with Gasteiger partial charge in [0.25, 0.3) is 0 Å². The van der Waals surface area contributed by atoms with Crippen LogP contribution in [0.2, 0.25) is 0 Å². The number of hydrogen-bond acceptors (Lipinski definition) is 3. The Morgan fingerprint density at radius 3 is 2.20 bits per heavy atom. The lowest BCUT2D eigenvalue weighted by molar-refractivity contribution is -0.160. The first kappa shape index (κ1) is 19.0. The number of hydrogen-bond donors (Lipinski definition) is 2. The van der Waals surface area contributed by atoms with E-state index >= 15 is 0 Å². The molecule has 25 heavy (non-hydrogen) atoms. The van der Waals surface area contributed by atoms with Crippen molar-refractivity contribution in [1.82, 2.24) is 15.5 Å². The molecule has 2 amide bonds. The van der Waals surface area contributed by atoms with E-state index in [0.29, 0.717) is 12.5 Å². The standard InChI is InChI=1S/C19H31N3O2.ClH/c1-20-4-5-21-17(23)16-3-2-6-22(16)18(24)19-10-13-7-14(11-19)9-15(8-13)12-19;/h13-16,20H,2-12H2,1H3,(H,21,23);1H. The molecule has 5 fully saturated rings. The van der Waals surface area contributed by atoms with Crippen LogP contribution >= 0.6 is 12.4 Å². The summed E-state index contributed by atoms with van der Waals surface area (Å²) in [7, 11) is 1.88. The van der Waals surface area contributed by atoms with Gasteiger partial charge in [-0.1, -0.05) is 0 Å². The number of nitrogens with one attached hydrogen (secondary N) is 2. The minimum absolute atomic E-state index is 0. The van der Waals surface area contributed by atoms with Gasteiger partial charge in [0.05, 0.1) is 5.41 Å². The van der Waals surface area contributed by atoms with Crippen molar-refractivity contribution in [2.45, 2.75) is 57.4 Å². The molecule has 1 aliphatic heterocycles. The molecule has 0 aromatic rings. The van der Waals surface area contributed by atoms with E-state index in [9.17, 15) is 9.59 Å². The number of carbonyl (C=O) groups excluding carboxylic acids is 2. The van der Waals surface area contributed by atoms with E-state index in [1.807, 2.05) is 11.9 Å². The normalized spacial score (nSPS) is 38.5. The summed E-state index contributed by atoms with van der Waals surface area (Å²) < 4.78 is 0. The molecule has 142 valence electrons. The molecular weight excluding hydrogens is 338 g/mol. The van der Waals surface area contributed by atoms with Gasteiger partial charge < -0.3 is 15.5 Å². The zero-order valence-electron chi connectivity index (χ0n) is 15.3. The smallest absolute Gasteiger partial charge is 0.242 e. The van der Waals surface area contributed by atoms with E-state index in [4.69, 9.17) is 0 Å². The lowest BCUT2D eigenvalue weighted by Gasteiger charge is -2.56. The predicted molar refractivity (Wildman–Crippen MR) is 99.5 cm³/mol. The van der Waals surface area contributed by atoms with Crippen LogP contribution < -0.4 is 10.6 Å². The molecule has 1 heterocycles. The van der Waals surface area contributed by atoms with Gasteiger partial charge in [0.1, 0.15) is 6.04 Å². The first-order chi connectivity index (χ1) is 11.6. The fourth-order valence-electron chi connectivity index (χ4n) is 6.39. The van der Waals surface area contributed by atoms with Gasteiger partial charge in [0, 0.05) is 19.6 Å². The lowest BCUT2D eigenvalue weighted by atomic mass is 9.49. The molecule has 5 rings (SSSR count). The van der Waals surface area contributed by atoms with Crippen molar-refractivity contribution in [1.29, 1.82) is 0 Å². The van der Waals surface area contributed by atoms with Gasteiger partial charge in [-0.25, -0.2) is 0 Å². The maximum Gasteiger partial charge on any atom is 0.242 e. The monoisotopic (exact) mass is 369 g/mol. The van der Waals surface area contributed by atoms with Gasteiger partial charge in [-0.05, 0) is 76.2 Å². The SMILES string of the molecule is CNCCNC(=O)C1CCCN1C(=O)C12CC3CC(CC(C3)C1)C2.Cl. The Bertz CT molecular complexity index is 490. The first-order valence-corrected chi connectivity index (χ1v) is 9.85. The van der Waals surface area contributed by atoms with Crippen LogP contribution in [0.3, 0.4) is 0 Å².